The molecule has 0 amide bonds. The van der Waals surface area contributed by atoms with E-state index in [1.165, 1.54) is 35.7 Å². The van der Waals surface area contributed by atoms with Crippen LogP contribution in [0.2, 0.25) is 0 Å². The number of carboxylic acids is 1. The van der Waals surface area contributed by atoms with E-state index in [1.807, 2.05) is 6.07 Å². The van der Waals surface area contributed by atoms with Gasteiger partial charge >= 0.3 is 5.97 Å². The molecule has 4 rings (SSSR count). The number of pyridine rings is 1. The zero-order valence-electron chi connectivity index (χ0n) is 16.1. The van der Waals surface area contributed by atoms with Crippen molar-refractivity contribution in [2.24, 2.45) is 0 Å². The van der Waals surface area contributed by atoms with Crippen molar-refractivity contribution in [2.75, 3.05) is 0 Å². The molecule has 3 heteroatoms. The third-order valence-electron chi connectivity index (χ3n) is 6.66. The molecule has 26 heavy (non-hydrogen) atoms. The second kappa shape index (κ2) is 5.42. The van der Waals surface area contributed by atoms with Crippen LogP contribution in [0.25, 0.3) is 0 Å². The molecule has 0 radical (unpaired) electrons. The van der Waals surface area contributed by atoms with Gasteiger partial charge in [0.25, 0.3) is 0 Å². The summed E-state index contributed by atoms with van der Waals surface area (Å²) in [6, 6.07) is 10.6. The van der Waals surface area contributed by atoms with Crippen molar-refractivity contribution in [3.8, 4) is 0 Å². The first kappa shape index (κ1) is 17.3. The highest BCUT2D eigenvalue weighted by molar-refractivity contribution is 5.87. The Balaban J connectivity index is 1.78. The normalized spacial score (nSPS) is 21.7. The fraction of sp³-hybridized carbons (Fsp3) is 0.478. The van der Waals surface area contributed by atoms with E-state index in [0.717, 1.165) is 18.5 Å². The van der Waals surface area contributed by atoms with Gasteiger partial charge in [0.2, 0.25) is 0 Å². The molecule has 1 aromatic heterocycles. The first-order valence-corrected chi connectivity index (χ1v) is 9.51. The maximum atomic E-state index is 11.1. The minimum Gasteiger partial charge on any atom is -0.478 e. The van der Waals surface area contributed by atoms with E-state index in [1.54, 1.807) is 6.07 Å². The highest BCUT2D eigenvalue weighted by Crippen LogP contribution is 2.55. The molecule has 1 heterocycles. The van der Waals surface area contributed by atoms with Gasteiger partial charge in [-0.05, 0) is 65.3 Å². The summed E-state index contributed by atoms with van der Waals surface area (Å²) in [5.41, 5.74) is 5.90. The number of nitrogens with zero attached hydrogens (tertiary/aromatic N) is 1. The van der Waals surface area contributed by atoms with Crippen LogP contribution in [0.5, 0.6) is 0 Å². The molecule has 0 spiro atoms. The minimum atomic E-state index is -0.924. The standard InChI is InChI=1S/C23H27NO2/c1-21(2)9-10-22(3,4)18-13-16(6-7-17(18)21)23(11-12-23)19-8-5-15(14-24-19)20(25)26/h5-8,13-14H,9-12H2,1-4H3,(H,25,26). The summed E-state index contributed by atoms with van der Waals surface area (Å²) >= 11 is 0. The van der Waals surface area contributed by atoms with Crippen molar-refractivity contribution in [1.82, 2.24) is 4.98 Å². The van der Waals surface area contributed by atoms with Gasteiger partial charge in [0.1, 0.15) is 0 Å². The summed E-state index contributed by atoms with van der Waals surface area (Å²) in [6.45, 7) is 9.40. The first-order chi connectivity index (χ1) is 12.2. The van der Waals surface area contributed by atoms with Crippen LogP contribution in [0, 0.1) is 0 Å². The molecular formula is C23H27NO2. The quantitative estimate of drug-likeness (QED) is 0.827. The molecular weight excluding hydrogens is 322 g/mol. The lowest BCUT2D eigenvalue weighted by Gasteiger charge is -2.42. The molecule has 1 saturated carbocycles. The highest BCUT2D eigenvalue weighted by Gasteiger charge is 2.48. The lowest BCUT2D eigenvalue weighted by atomic mass is 9.62. The molecule has 0 aliphatic heterocycles. The maximum absolute atomic E-state index is 11.1. The molecule has 2 aliphatic carbocycles. The number of benzene rings is 1. The fourth-order valence-electron chi connectivity index (χ4n) is 4.51. The Hall–Kier alpha value is -2.16. The van der Waals surface area contributed by atoms with Crippen LogP contribution in [-0.4, -0.2) is 16.1 Å². The topological polar surface area (TPSA) is 50.2 Å². The summed E-state index contributed by atoms with van der Waals surface area (Å²) in [5.74, 6) is -0.924. The van der Waals surface area contributed by atoms with Gasteiger partial charge < -0.3 is 5.11 Å². The zero-order valence-corrected chi connectivity index (χ0v) is 16.1. The molecule has 0 unspecified atom stereocenters. The van der Waals surface area contributed by atoms with Gasteiger partial charge in [0.05, 0.1) is 11.3 Å². The van der Waals surface area contributed by atoms with Crippen LogP contribution >= 0.6 is 0 Å². The van der Waals surface area contributed by atoms with Gasteiger partial charge in [-0.25, -0.2) is 4.79 Å². The van der Waals surface area contributed by atoms with Gasteiger partial charge in [-0.1, -0.05) is 45.9 Å². The molecule has 2 aliphatic rings. The van der Waals surface area contributed by atoms with Crippen LogP contribution in [-0.2, 0) is 16.2 Å². The number of aromatic nitrogens is 1. The molecule has 0 bridgehead atoms. The summed E-state index contributed by atoms with van der Waals surface area (Å²) in [4.78, 5) is 15.6. The molecule has 0 saturated heterocycles. The van der Waals surface area contributed by atoms with E-state index in [0.29, 0.717) is 0 Å². The predicted octanol–water partition coefficient (Wildman–Crippen LogP) is 5.21. The van der Waals surface area contributed by atoms with Crippen LogP contribution in [0.3, 0.4) is 0 Å². The third-order valence-corrected chi connectivity index (χ3v) is 6.66. The Kier molecular flexibility index (Phi) is 3.60. The number of carbonyl (C=O) groups is 1. The number of hydrogen-bond acceptors (Lipinski definition) is 2. The average Bonchev–Trinajstić information content (AvgIpc) is 3.41. The van der Waals surface area contributed by atoms with E-state index in [9.17, 15) is 4.79 Å². The van der Waals surface area contributed by atoms with Crippen LogP contribution in [0.1, 0.15) is 86.1 Å². The summed E-state index contributed by atoms with van der Waals surface area (Å²) < 4.78 is 0. The number of aromatic carboxylic acids is 1. The minimum absolute atomic E-state index is 0.0380. The Morgan fingerprint density at radius 2 is 1.58 bits per heavy atom. The molecule has 1 fully saturated rings. The number of fused-ring (bicyclic) bond motifs is 1. The van der Waals surface area contributed by atoms with Gasteiger partial charge in [0, 0.05) is 11.6 Å². The fourth-order valence-corrected chi connectivity index (χ4v) is 4.51. The molecule has 0 atom stereocenters. The largest absolute Gasteiger partial charge is 0.478 e. The lowest BCUT2D eigenvalue weighted by Crippen LogP contribution is -2.34. The maximum Gasteiger partial charge on any atom is 0.337 e. The smallest absolute Gasteiger partial charge is 0.337 e. The van der Waals surface area contributed by atoms with Crippen molar-refractivity contribution >= 4 is 5.97 Å². The Labute approximate surface area is 155 Å². The van der Waals surface area contributed by atoms with Crippen LogP contribution < -0.4 is 0 Å². The second-order valence-corrected chi connectivity index (χ2v) is 9.35. The van der Waals surface area contributed by atoms with Crippen molar-refractivity contribution in [3.63, 3.8) is 0 Å². The molecule has 3 nitrogen and oxygen atoms in total. The first-order valence-electron chi connectivity index (χ1n) is 9.51. The Morgan fingerprint density at radius 3 is 2.12 bits per heavy atom. The average molecular weight is 349 g/mol. The molecule has 1 aromatic carbocycles. The summed E-state index contributed by atoms with van der Waals surface area (Å²) in [5, 5.41) is 9.11. The van der Waals surface area contributed by atoms with Crippen LogP contribution in [0.15, 0.2) is 36.5 Å². The Bertz CT molecular complexity index is 874. The molecule has 136 valence electrons. The lowest BCUT2D eigenvalue weighted by molar-refractivity contribution is 0.0696. The van der Waals surface area contributed by atoms with E-state index in [4.69, 9.17) is 5.11 Å². The highest BCUT2D eigenvalue weighted by atomic mass is 16.4. The van der Waals surface area contributed by atoms with Gasteiger partial charge in [0.15, 0.2) is 0 Å². The number of carboxylic acid groups (broad SMARTS) is 1. The molecule has 1 N–H and O–H groups in total. The molecule has 2 aromatic rings. The van der Waals surface area contributed by atoms with Gasteiger partial charge in [-0.15, -0.1) is 0 Å². The summed E-state index contributed by atoms with van der Waals surface area (Å²) in [7, 11) is 0. The van der Waals surface area contributed by atoms with Crippen molar-refractivity contribution in [2.45, 2.75) is 69.6 Å². The van der Waals surface area contributed by atoms with Crippen molar-refractivity contribution in [3.05, 3.63) is 64.5 Å². The van der Waals surface area contributed by atoms with E-state index >= 15 is 0 Å². The van der Waals surface area contributed by atoms with E-state index in [2.05, 4.69) is 50.9 Å². The SMILES string of the molecule is CC1(C)CCC(C)(C)c2cc(C3(c4ccc(C(=O)O)cn4)CC3)ccc21. The van der Waals surface area contributed by atoms with E-state index < -0.39 is 5.97 Å². The summed E-state index contributed by atoms with van der Waals surface area (Å²) in [6.07, 6.45) is 6.07. The van der Waals surface area contributed by atoms with Gasteiger partial charge in [-0.3, -0.25) is 4.98 Å². The predicted molar refractivity (Wildman–Crippen MR) is 103 cm³/mol. The monoisotopic (exact) mass is 349 g/mol. The number of rotatable bonds is 3. The van der Waals surface area contributed by atoms with Gasteiger partial charge in [-0.2, -0.15) is 0 Å². The Morgan fingerprint density at radius 1 is 0.923 bits per heavy atom. The van der Waals surface area contributed by atoms with Crippen molar-refractivity contribution < 1.29 is 9.90 Å². The second-order valence-electron chi connectivity index (χ2n) is 9.35. The van der Waals surface area contributed by atoms with Crippen LogP contribution in [0.4, 0.5) is 0 Å². The zero-order chi connectivity index (χ0) is 18.7. The van der Waals surface area contributed by atoms with Crippen molar-refractivity contribution in [1.29, 1.82) is 0 Å². The number of hydrogen-bond donors (Lipinski definition) is 1. The van der Waals surface area contributed by atoms with E-state index in [-0.39, 0.29) is 21.8 Å². The third kappa shape index (κ3) is 2.56.